The Morgan fingerprint density at radius 1 is 0.778 bits per heavy atom. The highest BCUT2D eigenvalue weighted by molar-refractivity contribution is 5.83. The first-order chi connectivity index (χ1) is 13.2. The van der Waals surface area contributed by atoms with Crippen molar-refractivity contribution in [3.05, 3.63) is 0 Å². The minimum atomic E-state index is -0.480. The van der Waals surface area contributed by atoms with Crippen LogP contribution in [-0.2, 0) is 23.8 Å². The summed E-state index contributed by atoms with van der Waals surface area (Å²) in [6.45, 7) is 5.25. The number of epoxide rings is 1. The van der Waals surface area contributed by atoms with E-state index >= 15 is 0 Å². The van der Waals surface area contributed by atoms with Crippen LogP contribution >= 0.6 is 0 Å². The van der Waals surface area contributed by atoms with Gasteiger partial charge in [-0.1, -0.05) is 65.2 Å². The summed E-state index contributed by atoms with van der Waals surface area (Å²) in [6, 6.07) is 0. The average Bonchev–Trinajstić information content (AvgIpc) is 3.45. The Kier molecular flexibility index (Phi) is 10.2. The zero-order valence-electron chi connectivity index (χ0n) is 17.3. The third-order valence-electron chi connectivity index (χ3n) is 5.73. The van der Waals surface area contributed by atoms with Gasteiger partial charge in [0.1, 0.15) is 0 Å². The van der Waals surface area contributed by atoms with Crippen LogP contribution in [-0.4, -0.2) is 37.4 Å². The fraction of sp³-hybridized carbons (Fsp3) is 0.909. The molecule has 1 aliphatic carbocycles. The number of rotatable bonds is 14. The summed E-state index contributed by atoms with van der Waals surface area (Å²) in [7, 11) is 0. The summed E-state index contributed by atoms with van der Waals surface area (Å²) in [5.41, 5.74) is 0. The average molecular weight is 383 g/mol. The first kappa shape index (κ1) is 22.2. The van der Waals surface area contributed by atoms with Gasteiger partial charge in [0.2, 0.25) is 0 Å². The molecule has 27 heavy (non-hydrogen) atoms. The van der Waals surface area contributed by atoms with Gasteiger partial charge in [0, 0.05) is 0 Å². The third kappa shape index (κ3) is 7.44. The van der Waals surface area contributed by atoms with Gasteiger partial charge in [0.25, 0.3) is 0 Å². The fourth-order valence-corrected chi connectivity index (χ4v) is 3.98. The highest BCUT2D eigenvalue weighted by atomic mass is 16.6. The zero-order chi connectivity index (χ0) is 19.5. The highest BCUT2D eigenvalue weighted by Gasteiger charge is 2.57. The number of esters is 2. The molecule has 4 unspecified atom stereocenters. The predicted molar refractivity (Wildman–Crippen MR) is 104 cm³/mol. The Bertz CT molecular complexity index is 450. The number of fused-ring (bicyclic) bond motifs is 1. The molecule has 0 N–H and O–H groups in total. The van der Waals surface area contributed by atoms with Gasteiger partial charge >= 0.3 is 11.9 Å². The van der Waals surface area contributed by atoms with Gasteiger partial charge in [-0.15, -0.1) is 0 Å². The minimum Gasteiger partial charge on any atom is -0.465 e. The molecule has 1 saturated heterocycles. The number of unbranched alkanes of at least 4 members (excludes halogenated alkanes) is 8. The van der Waals surface area contributed by atoms with Gasteiger partial charge in [-0.05, 0) is 25.7 Å². The van der Waals surface area contributed by atoms with Crippen molar-refractivity contribution >= 4 is 11.9 Å². The molecule has 0 aromatic carbocycles. The number of hydrogen-bond donors (Lipinski definition) is 0. The predicted octanol–water partition coefficient (Wildman–Crippen LogP) is 4.81. The van der Waals surface area contributed by atoms with E-state index in [9.17, 15) is 9.59 Å². The van der Waals surface area contributed by atoms with E-state index in [1.165, 1.54) is 38.5 Å². The van der Waals surface area contributed by atoms with Crippen LogP contribution in [0.2, 0.25) is 0 Å². The molecule has 5 nitrogen and oxygen atoms in total. The first-order valence-corrected chi connectivity index (χ1v) is 11.2. The van der Waals surface area contributed by atoms with Crippen molar-refractivity contribution in [2.75, 3.05) is 13.2 Å². The molecule has 1 saturated carbocycles. The quantitative estimate of drug-likeness (QED) is 0.245. The summed E-state index contributed by atoms with van der Waals surface area (Å²) in [4.78, 5) is 25.1. The second-order valence-electron chi connectivity index (χ2n) is 8.01. The van der Waals surface area contributed by atoms with Crippen LogP contribution in [0.3, 0.4) is 0 Å². The monoisotopic (exact) mass is 382 g/mol. The maximum atomic E-state index is 12.6. The van der Waals surface area contributed by atoms with Crippen LogP contribution in [0, 0.1) is 11.8 Å². The van der Waals surface area contributed by atoms with Gasteiger partial charge < -0.3 is 14.2 Å². The molecule has 2 fully saturated rings. The molecule has 156 valence electrons. The smallest absolute Gasteiger partial charge is 0.312 e. The van der Waals surface area contributed by atoms with Crippen LogP contribution < -0.4 is 0 Å². The van der Waals surface area contributed by atoms with E-state index in [0.29, 0.717) is 19.6 Å². The van der Waals surface area contributed by atoms with Gasteiger partial charge in [0.15, 0.2) is 0 Å². The Balaban J connectivity index is 1.71. The van der Waals surface area contributed by atoms with Crippen LogP contribution in [0.4, 0.5) is 0 Å². The van der Waals surface area contributed by atoms with Gasteiger partial charge in [-0.25, -0.2) is 0 Å². The molecule has 4 atom stereocenters. The molecule has 0 bridgehead atoms. The van der Waals surface area contributed by atoms with E-state index in [2.05, 4.69) is 13.8 Å². The molecule has 1 heterocycles. The van der Waals surface area contributed by atoms with Crippen molar-refractivity contribution in [3.63, 3.8) is 0 Å². The van der Waals surface area contributed by atoms with E-state index in [-0.39, 0.29) is 24.1 Å². The largest absolute Gasteiger partial charge is 0.465 e. The van der Waals surface area contributed by atoms with Crippen LogP contribution in [0.15, 0.2) is 0 Å². The molecule has 0 spiro atoms. The second kappa shape index (κ2) is 12.4. The lowest BCUT2D eigenvalue weighted by molar-refractivity contribution is -0.162. The second-order valence-corrected chi connectivity index (χ2v) is 8.01. The molecule has 2 rings (SSSR count). The van der Waals surface area contributed by atoms with E-state index < -0.39 is 11.8 Å². The fourth-order valence-electron chi connectivity index (χ4n) is 3.98. The van der Waals surface area contributed by atoms with Crippen molar-refractivity contribution < 1.29 is 23.8 Å². The van der Waals surface area contributed by atoms with Crippen molar-refractivity contribution in [1.82, 2.24) is 0 Å². The summed E-state index contributed by atoms with van der Waals surface area (Å²) in [6.07, 6.45) is 12.6. The van der Waals surface area contributed by atoms with E-state index in [1.807, 2.05) is 0 Å². The molecular formula is C22H38O5. The Labute approximate surface area is 164 Å². The molecule has 0 amide bonds. The first-order valence-electron chi connectivity index (χ1n) is 11.2. The van der Waals surface area contributed by atoms with Gasteiger partial charge in [0.05, 0.1) is 37.3 Å². The molecule has 5 heteroatoms. The Hall–Kier alpha value is -1.10. The molecule has 0 aromatic rings. The summed E-state index contributed by atoms with van der Waals surface area (Å²) < 4.78 is 16.6. The lowest BCUT2D eigenvalue weighted by Gasteiger charge is -2.25. The summed E-state index contributed by atoms with van der Waals surface area (Å²) >= 11 is 0. The summed E-state index contributed by atoms with van der Waals surface area (Å²) in [5, 5.41) is 0. The SMILES string of the molecule is CCCCCCCOC(=O)C1CCC2OC2C1C(=O)OCCCCCCC. The van der Waals surface area contributed by atoms with Crippen molar-refractivity contribution in [3.8, 4) is 0 Å². The number of carbonyl (C=O) groups excluding carboxylic acids is 2. The maximum Gasteiger partial charge on any atom is 0.312 e. The third-order valence-corrected chi connectivity index (χ3v) is 5.73. The van der Waals surface area contributed by atoms with E-state index in [1.54, 1.807) is 0 Å². The van der Waals surface area contributed by atoms with Gasteiger partial charge in [-0.2, -0.15) is 0 Å². The number of carbonyl (C=O) groups is 2. The number of ether oxygens (including phenoxy) is 3. The van der Waals surface area contributed by atoms with Crippen molar-refractivity contribution in [2.45, 2.75) is 103 Å². The molecule has 0 aromatic heterocycles. The maximum absolute atomic E-state index is 12.6. The molecule has 2 aliphatic rings. The van der Waals surface area contributed by atoms with Crippen LogP contribution in [0.5, 0.6) is 0 Å². The van der Waals surface area contributed by atoms with E-state index in [4.69, 9.17) is 14.2 Å². The lowest BCUT2D eigenvalue weighted by Crippen LogP contribution is -2.39. The topological polar surface area (TPSA) is 65.1 Å². The Morgan fingerprint density at radius 3 is 1.93 bits per heavy atom. The van der Waals surface area contributed by atoms with Gasteiger partial charge in [-0.3, -0.25) is 9.59 Å². The number of hydrogen-bond acceptors (Lipinski definition) is 5. The summed E-state index contributed by atoms with van der Waals surface area (Å²) in [5.74, 6) is -1.41. The molecule has 1 aliphatic heterocycles. The highest BCUT2D eigenvalue weighted by Crippen LogP contribution is 2.45. The zero-order valence-corrected chi connectivity index (χ0v) is 17.3. The minimum absolute atomic E-state index is 0.130. The Morgan fingerprint density at radius 2 is 1.33 bits per heavy atom. The molecular weight excluding hydrogens is 344 g/mol. The molecule has 0 radical (unpaired) electrons. The van der Waals surface area contributed by atoms with Crippen molar-refractivity contribution in [1.29, 1.82) is 0 Å². The normalized spacial score (nSPS) is 26.3. The van der Waals surface area contributed by atoms with E-state index in [0.717, 1.165) is 32.1 Å². The van der Waals surface area contributed by atoms with Crippen LogP contribution in [0.1, 0.15) is 90.9 Å². The lowest BCUT2D eigenvalue weighted by atomic mass is 9.79. The van der Waals surface area contributed by atoms with Crippen LogP contribution in [0.25, 0.3) is 0 Å². The van der Waals surface area contributed by atoms with Crippen molar-refractivity contribution in [2.24, 2.45) is 11.8 Å². The standard InChI is InChI=1S/C22H38O5/c1-3-5-7-9-11-15-25-21(23)17-13-14-18-20(27-18)19(17)22(24)26-16-12-10-8-6-4-2/h17-20H,3-16H2,1-2H3.